The summed E-state index contributed by atoms with van der Waals surface area (Å²) in [6.07, 6.45) is 14.1. The summed E-state index contributed by atoms with van der Waals surface area (Å²) in [4.78, 5) is 13.4. The van der Waals surface area contributed by atoms with Crippen molar-refractivity contribution in [3.8, 4) is 17.2 Å². The van der Waals surface area contributed by atoms with Gasteiger partial charge >= 0.3 is 0 Å². The molecule has 0 bridgehead atoms. The molecule has 244 valence electrons. The molecular weight excluding hydrogens is 573 g/mol. The van der Waals surface area contributed by atoms with Crippen LogP contribution in [0.15, 0.2) is 53.7 Å². The van der Waals surface area contributed by atoms with Gasteiger partial charge in [0.25, 0.3) is 0 Å². The van der Waals surface area contributed by atoms with Crippen molar-refractivity contribution in [2.75, 3.05) is 41.0 Å². The second-order valence-electron chi connectivity index (χ2n) is 12.2. The number of methoxy groups -OCH3 is 3. The van der Waals surface area contributed by atoms with Crippen molar-refractivity contribution < 1.29 is 28.1 Å². The van der Waals surface area contributed by atoms with E-state index in [1.54, 1.807) is 38.5 Å². The lowest BCUT2D eigenvalue weighted by Crippen LogP contribution is -2.45. The van der Waals surface area contributed by atoms with Crippen LogP contribution in [0, 0.1) is 17.7 Å². The minimum absolute atomic E-state index is 0.0705. The SMILES string of the molecule is COc1ccc(F)cc1CCC1CCC(CCNCCCCCN2N=C(c3ccc(OC)c(OC)c3)C3CC=CC[C@H]3C2=O)O1. The average Bonchev–Trinajstić information content (AvgIpc) is 3.53. The highest BCUT2D eigenvalue weighted by Crippen LogP contribution is 2.37. The zero-order valence-corrected chi connectivity index (χ0v) is 26.9. The fourth-order valence-corrected chi connectivity index (χ4v) is 6.80. The van der Waals surface area contributed by atoms with Crippen LogP contribution in [-0.2, 0) is 16.0 Å². The molecule has 9 heteroatoms. The van der Waals surface area contributed by atoms with Crippen LogP contribution < -0.4 is 19.5 Å². The summed E-state index contributed by atoms with van der Waals surface area (Å²) in [5.74, 6) is 2.00. The molecule has 2 aliphatic heterocycles. The summed E-state index contributed by atoms with van der Waals surface area (Å²) >= 11 is 0. The Labute approximate surface area is 266 Å². The first-order valence-corrected chi connectivity index (χ1v) is 16.5. The minimum Gasteiger partial charge on any atom is -0.496 e. The molecule has 2 heterocycles. The second-order valence-corrected chi connectivity index (χ2v) is 12.2. The molecule has 45 heavy (non-hydrogen) atoms. The molecule has 5 rings (SSSR count). The number of hydrazone groups is 1. The highest BCUT2D eigenvalue weighted by Gasteiger charge is 2.40. The molecule has 0 radical (unpaired) electrons. The molecule has 4 atom stereocenters. The van der Waals surface area contributed by atoms with Gasteiger partial charge in [-0.2, -0.15) is 5.10 Å². The smallest absolute Gasteiger partial charge is 0.246 e. The predicted octanol–water partition coefficient (Wildman–Crippen LogP) is 6.31. The molecule has 2 aromatic carbocycles. The van der Waals surface area contributed by atoms with Crippen LogP contribution in [0.1, 0.15) is 68.9 Å². The van der Waals surface area contributed by atoms with Gasteiger partial charge < -0.3 is 24.3 Å². The summed E-state index contributed by atoms with van der Waals surface area (Å²) in [7, 11) is 4.89. The van der Waals surface area contributed by atoms with Crippen molar-refractivity contribution in [3.05, 3.63) is 65.5 Å². The first-order valence-electron chi connectivity index (χ1n) is 16.5. The lowest BCUT2D eigenvalue weighted by atomic mass is 9.76. The van der Waals surface area contributed by atoms with Crippen molar-refractivity contribution in [2.24, 2.45) is 16.9 Å². The fraction of sp³-hybridized carbons (Fsp3) is 0.556. The Morgan fingerprint density at radius 2 is 1.60 bits per heavy atom. The summed E-state index contributed by atoms with van der Waals surface area (Å²) < 4.78 is 36.3. The van der Waals surface area contributed by atoms with Crippen LogP contribution in [0.2, 0.25) is 0 Å². The first-order chi connectivity index (χ1) is 22.0. The minimum atomic E-state index is -0.230. The molecule has 1 saturated heterocycles. The van der Waals surface area contributed by atoms with Crippen LogP contribution in [0.4, 0.5) is 4.39 Å². The Bertz CT molecular complexity index is 1350. The number of hydrogen-bond donors (Lipinski definition) is 1. The number of allylic oxidation sites excluding steroid dienone is 2. The number of aryl methyl sites for hydroxylation is 1. The summed E-state index contributed by atoms with van der Waals surface area (Å²) in [6, 6.07) is 10.6. The maximum absolute atomic E-state index is 13.7. The van der Waals surface area contributed by atoms with Gasteiger partial charge in [0.1, 0.15) is 11.6 Å². The van der Waals surface area contributed by atoms with Crippen LogP contribution in [0.25, 0.3) is 0 Å². The van der Waals surface area contributed by atoms with Gasteiger partial charge in [0.15, 0.2) is 11.5 Å². The molecule has 1 amide bonds. The van der Waals surface area contributed by atoms with Gasteiger partial charge in [-0.1, -0.05) is 18.6 Å². The van der Waals surface area contributed by atoms with E-state index in [9.17, 15) is 9.18 Å². The van der Waals surface area contributed by atoms with E-state index in [-0.39, 0.29) is 35.8 Å². The van der Waals surface area contributed by atoms with Gasteiger partial charge in [-0.3, -0.25) is 4.79 Å². The normalized spacial score (nSPS) is 22.7. The van der Waals surface area contributed by atoms with Gasteiger partial charge in [0, 0.05) is 18.0 Å². The zero-order chi connectivity index (χ0) is 31.6. The van der Waals surface area contributed by atoms with Gasteiger partial charge in [0.2, 0.25) is 5.91 Å². The number of unbranched alkanes of at least 4 members (excludes halogenated alkanes) is 2. The maximum Gasteiger partial charge on any atom is 0.246 e. The highest BCUT2D eigenvalue weighted by atomic mass is 19.1. The molecule has 8 nitrogen and oxygen atoms in total. The molecule has 0 spiro atoms. The third kappa shape index (κ3) is 8.44. The third-order valence-electron chi connectivity index (χ3n) is 9.30. The molecular formula is C36H48FN3O5. The van der Waals surface area contributed by atoms with Crippen LogP contribution in [0.5, 0.6) is 17.2 Å². The Morgan fingerprint density at radius 3 is 2.38 bits per heavy atom. The van der Waals surface area contributed by atoms with E-state index in [2.05, 4.69) is 17.5 Å². The number of amides is 1. The Kier molecular flexibility index (Phi) is 11.9. The number of halogens is 1. The molecule has 0 saturated carbocycles. The number of fused-ring (bicyclic) bond motifs is 1. The van der Waals surface area contributed by atoms with Crippen molar-refractivity contribution in [2.45, 2.75) is 76.4 Å². The fourth-order valence-electron chi connectivity index (χ4n) is 6.80. The Hall–Kier alpha value is -3.43. The first kappa shape index (κ1) is 32.9. The van der Waals surface area contributed by atoms with E-state index in [1.807, 2.05) is 18.2 Å². The number of benzene rings is 2. The van der Waals surface area contributed by atoms with Crippen molar-refractivity contribution >= 4 is 11.6 Å². The highest BCUT2D eigenvalue weighted by molar-refractivity contribution is 6.07. The van der Waals surface area contributed by atoms with Gasteiger partial charge in [-0.25, -0.2) is 9.40 Å². The van der Waals surface area contributed by atoms with Crippen molar-refractivity contribution in [1.82, 2.24) is 10.3 Å². The number of rotatable bonds is 16. The van der Waals surface area contributed by atoms with Crippen LogP contribution in [0.3, 0.4) is 0 Å². The zero-order valence-electron chi connectivity index (χ0n) is 26.9. The maximum atomic E-state index is 13.7. The Balaban J connectivity index is 1.01. The molecule has 2 aromatic rings. The topological polar surface area (TPSA) is 81.6 Å². The second kappa shape index (κ2) is 16.2. The molecule has 1 N–H and O–H groups in total. The van der Waals surface area contributed by atoms with E-state index in [4.69, 9.17) is 24.0 Å². The van der Waals surface area contributed by atoms with Crippen molar-refractivity contribution in [3.63, 3.8) is 0 Å². The van der Waals surface area contributed by atoms with E-state index in [1.165, 1.54) is 6.07 Å². The quantitative estimate of drug-likeness (QED) is 0.175. The van der Waals surface area contributed by atoms with E-state index in [0.29, 0.717) is 18.0 Å². The number of carbonyl (C=O) groups is 1. The number of ether oxygens (including phenoxy) is 4. The van der Waals surface area contributed by atoms with E-state index >= 15 is 0 Å². The van der Waals surface area contributed by atoms with Crippen LogP contribution >= 0.6 is 0 Å². The number of carbonyl (C=O) groups excluding carboxylic acids is 1. The molecule has 3 unspecified atom stereocenters. The molecule has 1 aliphatic carbocycles. The molecule has 0 aromatic heterocycles. The lowest BCUT2D eigenvalue weighted by molar-refractivity contribution is -0.137. The van der Waals surface area contributed by atoms with Gasteiger partial charge in [0.05, 0.1) is 45.2 Å². The Morgan fingerprint density at radius 1 is 0.867 bits per heavy atom. The standard InChI is InChI=1S/C36H48FN3O5/c1-42-32-18-13-27(37)23-25(32)11-14-28-15-16-29(45-28)19-21-38-20-7-4-8-22-40-36(41)31-10-6-5-9-30(31)35(39-40)26-12-17-33(43-2)34(24-26)44-3/h5-6,12-13,17-18,23-24,28-31,38H,4,7-11,14-16,19-22H2,1-3H3/t28?,29?,30?,31-/m1/s1. The molecule has 1 fully saturated rings. The summed E-state index contributed by atoms with van der Waals surface area (Å²) in [5.41, 5.74) is 2.83. The van der Waals surface area contributed by atoms with E-state index < -0.39 is 0 Å². The van der Waals surface area contributed by atoms with Crippen LogP contribution in [-0.4, -0.2) is 69.8 Å². The summed E-state index contributed by atoms with van der Waals surface area (Å²) in [6.45, 7) is 2.50. The van der Waals surface area contributed by atoms with Gasteiger partial charge in [-0.15, -0.1) is 0 Å². The largest absolute Gasteiger partial charge is 0.496 e. The monoisotopic (exact) mass is 621 g/mol. The lowest BCUT2D eigenvalue weighted by Gasteiger charge is -2.37. The van der Waals surface area contributed by atoms with Crippen molar-refractivity contribution in [1.29, 1.82) is 0 Å². The van der Waals surface area contributed by atoms with Gasteiger partial charge in [-0.05, 0) is 113 Å². The predicted molar refractivity (Wildman–Crippen MR) is 174 cm³/mol. The number of nitrogens with one attached hydrogen (secondary N) is 1. The number of nitrogens with zero attached hydrogens (tertiary/aromatic N) is 2. The van der Waals surface area contributed by atoms with E-state index in [0.717, 1.165) is 99.9 Å². The summed E-state index contributed by atoms with van der Waals surface area (Å²) in [5, 5.41) is 10.2. The molecule has 3 aliphatic rings. The number of hydrogen-bond acceptors (Lipinski definition) is 7. The average molecular weight is 622 g/mol. The third-order valence-corrected chi connectivity index (χ3v) is 9.30.